The Morgan fingerprint density at radius 3 is 2.75 bits per heavy atom. The number of aliphatic hydroxyl groups excluding tert-OH is 1. The van der Waals surface area contributed by atoms with Crippen molar-refractivity contribution in [1.29, 1.82) is 0 Å². The number of anilines is 1. The maximum atomic E-state index is 11.0. The minimum Gasteiger partial charge on any atom is -0.395 e. The molecular formula is C13H22N4O3. The third kappa shape index (κ3) is 4.76. The van der Waals surface area contributed by atoms with Gasteiger partial charge >= 0.3 is 0 Å². The van der Waals surface area contributed by atoms with Gasteiger partial charge < -0.3 is 10.5 Å². The van der Waals surface area contributed by atoms with Crippen molar-refractivity contribution in [3.63, 3.8) is 0 Å². The van der Waals surface area contributed by atoms with Crippen LogP contribution in [0.3, 0.4) is 0 Å². The molecule has 0 saturated carbocycles. The van der Waals surface area contributed by atoms with Crippen LogP contribution in [0.15, 0.2) is 18.2 Å². The number of aliphatic hydroxyl groups is 1. The highest BCUT2D eigenvalue weighted by molar-refractivity contribution is 5.61. The molecule has 1 aromatic rings. The molecule has 0 aliphatic carbocycles. The summed E-state index contributed by atoms with van der Waals surface area (Å²) >= 11 is 0. The van der Waals surface area contributed by atoms with Crippen molar-refractivity contribution in [2.75, 3.05) is 25.1 Å². The van der Waals surface area contributed by atoms with Crippen LogP contribution in [0.5, 0.6) is 0 Å². The zero-order valence-electron chi connectivity index (χ0n) is 11.7. The van der Waals surface area contributed by atoms with Crippen molar-refractivity contribution in [1.82, 2.24) is 4.90 Å². The maximum Gasteiger partial charge on any atom is 0.293 e. The Balaban J connectivity index is 2.84. The summed E-state index contributed by atoms with van der Waals surface area (Å²) in [5.41, 5.74) is 3.41. The van der Waals surface area contributed by atoms with Crippen LogP contribution in [0.25, 0.3) is 0 Å². The van der Waals surface area contributed by atoms with Crippen LogP contribution in [0.4, 0.5) is 11.4 Å². The first-order valence-corrected chi connectivity index (χ1v) is 6.69. The number of nitrogen functional groups attached to an aromatic ring is 1. The number of nitro benzene ring substituents is 1. The van der Waals surface area contributed by atoms with E-state index in [9.17, 15) is 10.1 Å². The highest BCUT2D eigenvalue weighted by atomic mass is 16.6. The molecule has 0 bridgehead atoms. The van der Waals surface area contributed by atoms with Crippen molar-refractivity contribution in [3.05, 3.63) is 33.9 Å². The number of rotatable bonds is 9. The molecular weight excluding hydrogens is 260 g/mol. The summed E-state index contributed by atoms with van der Waals surface area (Å²) in [6, 6.07) is 4.93. The summed E-state index contributed by atoms with van der Waals surface area (Å²) < 4.78 is 0. The molecule has 0 aromatic heterocycles. The SMILES string of the molecule is CCCCN(CCO)Cc1ccc(NN)c([N+](=O)[O-])c1. The van der Waals surface area contributed by atoms with E-state index < -0.39 is 4.92 Å². The van der Waals surface area contributed by atoms with Crippen LogP contribution in [0.1, 0.15) is 25.3 Å². The third-order valence-corrected chi connectivity index (χ3v) is 3.06. The minimum atomic E-state index is -0.457. The van der Waals surface area contributed by atoms with Crippen molar-refractivity contribution in [2.24, 2.45) is 5.84 Å². The van der Waals surface area contributed by atoms with E-state index >= 15 is 0 Å². The maximum absolute atomic E-state index is 11.0. The Bertz CT molecular complexity index is 440. The molecule has 7 heteroatoms. The lowest BCUT2D eigenvalue weighted by Gasteiger charge is -2.21. The second-order valence-corrected chi connectivity index (χ2v) is 4.61. The molecule has 20 heavy (non-hydrogen) atoms. The summed E-state index contributed by atoms with van der Waals surface area (Å²) in [5.74, 6) is 5.26. The summed E-state index contributed by atoms with van der Waals surface area (Å²) in [4.78, 5) is 12.6. The zero-order chi connectivity index (χ0) is 15.0. The first-order chi connectivity index (χ1) is 9.62. The molecule has 0 atom stereocenters. The molecule has 0 spiro atoms. The number of hydrogen-bond acceptors (Lipinski definition) is 6. The van der Waals surface area contributed by atoms with Gasteiger partial charge in [0.15, 0.2) is 0 Å². The molecule has 1 aromatic carbocycles. The van der Waals surface area contributed by atoms with Gasteiger partial charge in [0.1, 0.15) is 5.69 Å². The number of nitro groups is 1. The molecule has 0 aliphatic heterocycles. The van der Waals surface area contributed by atoms with Gasteiger partial charge in [0.2, 0.25) is 0 Å². The van der Waals surface area contributed by atoms with Gasteiger partial charge in [-0.05, 0) is 24.6 Å². The number of nitrogens with one attached hydrogen (secondary N) is 1. The average molecular weight is 282 g/mol. The fourth-order valence-corrected chi connectivity index (χ4v) is 2.00. The van der Waals surface area contributed by atoms with Crippen LogP contribution in [-0.2, 0) is 6.54 Å². The van der Waals surface area contributed by atoms with Crippen molar-refractivity contribution < 1.29 is 10.0 Å². The Hall–Kier alpha value is -1.70. The Labute approximate surface area is 118 Å². The van der Waals surface area contributed by atoms with Crippen molar-refractivity contribution in [2.45, 2.75) is 26.3 Å². The standard InChI is InChI=1S/C13H22N4O3/c1-2-3-6-16(7-8-18)10-11-4-5-12(15-14)13(9-11)17(19)20/h4-5,9,15,18H,2-3,6-8,10,14H2,1H3. The van der Waals surface area contributed by atoms with Crippen LogP contribution < -0.4 is 11.3 Å². The lowest BCUT2D eigenvalue weighted by Crippen LogP contribution is -2.27. The van der Waals surface area contributed by atoms with E-state index in [1.807, 2.05) is 0 Å². The predicted octanol–water partition coefficient (Wildman–Crippen LogP) is 1.47. The molecule has 4 N–H and O–H groups in total. The van der Waals surface area contributed by atoms with Crippen LogP contribution >= 0.6 is 0 Å². The second-order valence-electron chi connectivity index (χ2n) is 4.61. The van der Waals surface area contributed by atoms with Gasteiger partial charge in [0, 0.05) is 19.2 Å². The number of hydrazine groups is 1. The Morgan fingerprint density at radius 1 is 1.45 bits per heavy atom. The number of benzene rings is 1. The first-order valence-electron chi connectivity index (χ1n) is 6.69. The second kappa shape index (κ2) is 8.47. The number of hydrogen-bond donors (Lipinski definition) is 3. The molecule has 0 fully saturated rings. The van der Waals surface area contributed by atoms with Gasteiger partial charge in [0.25, 0.3) is 5.69 Å². The van der Waals surface area contributed by atoms with Gasteiger partial charge in [0.05, 0.1) is 11.5 Å². The summed E-state index contributed by atoms with van der Waals surface area (Å²) in [6.45, 7) is 4.18. The Morgan fingerprint density at radius 2 is 2.20 bits per heavy atom. The van der Waals surface area contributed by atoms with Crippen LogP contribution in [-0.4, -0.2) is 34.6 Å². The third-order valence-electron chi connectivity index (χ3n) is 3.06. The van der Waals surface area contributed by atoms with Gasteiger partial charge in [-0.2, -0.15) is 0 Å². The highest BCUT2D eigenvalue weighted by Gasteiger charge is 2.15. The van der Waals surface area contributed by atoms with E-state index in [-0.39, 0.29) is 12.3 Å². The number of nitrogens with zero attached hydrogens (tertiary/aromatic N) is 2. The number of unbranched alkanes of at least 4 members (excludes halogenated alkanes) is 1. The molecule has 0 radical (unpaired) electrons. The monoisotopic (exact) mass is 282 g/mol. The van der Waals surface area contributed by atoms with Gasteiger partial charge in [-0.1, -0.05) is 19.4 Å². The van der Waals surface area contributed by atoms with Crippen LogP contribution in [0.2, 0.25) is 0 Å². The smallest absolute Gasteiger partial charge is 0.293 e. The summed E-state index contributed by atoms with van der Waals surface area (Å²) in [7, 11) is 0. The van der Waals surface area contributed by atoms with Crippen LogP contribution in [0, 0.1) is 10.1 Å². The van der Waals surface area contributed by atoms with E-state index in [4.69, 9.17) is 10.9 Å². The molecule has 0 heterocycles. The van der Waals surface area contributed by atoms with Gasteiger partial charge in [-0.3, -0.25) is 20.9 Å². The quantitative estimate of drug-likeness (QED) is 0.360. The summed E-state index contributed by atoms with van der Waals surface area (Å²) in [6.07, 6.45) is 2.10. The zero-order valence-corrected chi connectivity index (χ0v) is 11.7. The average Bonchev–Trinajstić information content (AvgIpc) is 2.44. The number of nitrogens with two attached hydrogens (primary N) is 1. The molecule has 112 valence electrons. The highest BCUT2D eigenvalue weighted by Crippen LogP contribution is 2.25. The van der Waals surface area contributed by atoms with Crippen molar-refractivity contribution in [3.8, 4) is 0 Å². The topological polar surface area (TPSA) is 105 Å². The summed E-state index contributed by atoms with van der Waals surface area (Å²) in [5, 5.41) is 20.0. The van der Waals surface area contributed by atoms with E-state index in [1.165, 1.54) is 6.07 Å². The largest absolute Gasteiger partial charge is 0.395 e. The van der Waals surface area contributed by atoms with Crippen molar-refractivity contribution >= 4 is 11.4 Å². The van der Waals surface area contributed by atoms with Gasteiger partial charge in [-0.15, -0.1) is 0 Å². The minimum absolute atomic E-state index is 0.0376. The fourth-order valence-electron chi connectivity index (χ4n) is 2.00. The Kier molecular flexibility index (Phi) is 6.92. The van der Waals surface area contributed by atoms with E-state index in [0.717, 1.165) is 24.9 Å². The molecule has 1 rings (SSSR count). The molecule has 0 amide bonds. The van der Waals surface area contributed by atoms with Gasteiger partial charge in [-0.25, -0.2) is 0 Å². The van der Waals surface area contributed by atoms with E-state index in [2.05, 4.69) is 17.2 Å². The van der Waals surface area contributed by atoms with E-state index in [1.54, 1.807) is 12.1 Å². The normalized spacial score (nSPS) is 10.8. The molecule has 0 unspecified atom stereocenters. The first kappa shape index (κ1) is 16.4. The lowest BCUT2D eigenvalue weighted by molar-refractivity contribution is -0.384. The predicted molar refractivity (Wildman–Crippen MR) is 78.2 cm³/mol. The molecule has 0 saturated heterocycles. The lowest BCUT2D eigenvalue weighted by atomic mass is 10.1. The molecule has 7 nitrogen and oxygen atoms in total. The van der Waals surface area contributed by atoms with E-state index in [0.29, 0.717) is 18.8 Å². The fraction of sp³-hybridized carbons (Fsp3) is 0.538. The molecule has 0 aliphatic rings.